The van der Waals surface area contributed by atoms with E-state index in [2.05, 4.69) is 5.32 Å². The van der Waals surface area contributed by atoms with E-state index in [9.17, 15) is 13.2 Å². The Morgan fingerprint density at radius 3 is 2.33 bits per heavy atom. The Kier molecular flexibility index (Phi) is 5.62. The molecule has 0 saturated heterocycles. The molecule has 0 spiro atoms. The van der Waals surface area contributed by atoms with Crippen LogP contribution >= 0.6 is 0 Å². The summed E-state index contributed by atoms with van der Waals surface area (Å²) in [5.74, 6) is -0.189. The van der Waals surface area contributed by atoms with Crippen LogP contribution in [0.4, 0.5) is 5.69 Å². The number of benzene rings is 2. The Hall–Kier alpha value is -2.34. The van der Waals surface area contributed by atoms with Gasteiger partial charge in [-0.25, -0.2) is 8.42 Å². The van der Waals surface area contributed by atoms with E-state index < -0.39 is 10.0 Å². The van der Waals surface area contributed by atoms with Crippen molar-refractivity contribution in [1.29, 1.82) is 0 Å². The first-order chi connectivity index (χ1) is 11.3. The molecule has 6 heteroatoms. The fourth-order valence-electron chi connectivity index (χ4n) is 2.49. The van der Waals surface area contributed by atoms with Gasteiger partial charge in [0.05, 0.1) is 11.9 Å². The average Bonchev–Trinajstić information content (AvgIpc) is 2.53. The molecule has 2 aromatic rings. The number of sulfonamides is 1. The van der Waals surface area contributed by atoms with E-state index in [0.717, 1.165) is 11.1 Å². The molecule has 0 aliphatic rings. The number of nitrogens with one attached hydrogen (secondary N) is 1. The van der Waals surface area contributed by atoms with Gasteiger partial charge in [0.2, 0.25) is 10.0 Å². The van der Waals surface area contributed by atoms with E-state index >= 15 is 0 Å². The molecule has 0 unspecified atom stereocenters. The molecule has 2 aromatic carbocycles. The van der Waals surface area contributed by atoms with Crippen molar-refractivity contribution in [2.24, 2.45) is 0 Å². The van der Waals surface area contributed by atoms with E-state index in [-0.39, 0.29) is 5.91 Å². The van der Waals surface area contributed by atoms with Gasteiger partial charge in [0.25, 0.3) is 5.91 Å². The lowest BCUT2D eigenvalue weighted by molar-refractivity contribution is 0.0951. The molecule has 24 heavy (non-hydrogen) atoms. The van der Waals surface area contributed by atoms with Gasteiger partial charge in [-0.2, -0.15) is 0 Å². The van der Waals surface area contributed by atoms with Crippen molar-refractivity contribution in [3.8, 4) is 0 Å². The van der Waals surface area contributed by atoms with Crippen LogP contribution in [0.15, 0.2) is 48.5 Å². The van der Waals surface area contributed by atoms with E-state index in [1.165, 1.54) is 10.6 Å². The first-order valence-electron chi connectivity index (χ1n) is 7.73. The van der Waals surface area contributed by atoms with Crippen LogP contribution < -0.4 is 9.62 Å². The number of aryl methyl sites for hydroxylation is 1. The minimum Gasteiger partial charge on any atom is -0.348 e. The quantitative estimate of drug-likeness (QED) is 0.874. The highest BCUT2D eigenvalue weighted by molar-refractivity contribution is 7.92. The monoisotopic (exact) mass is 346 g/mol. The molecule has 0 fully saturated rings. The highest BCUT2D eigenvalue weighted by Gasteiger charge is 2.15. The Balaban J connectivity index is 2.06. The molecular formula is C18H22N2O3S. The Labute approximate surface area is 143 Å². The van der Waals surface area contributed by atoms with E-state index in [0.29, 0.717) is 24.3 Å². The summed E-state index contributed by atoms with van der Waals surface area (Å²) < 4.78 is 24.7. The first-order valence-corrected chi connectivity index (χ1v) is 9.57. The SMILES string of the molecule is CCN(c1ccc(C(=O)NCc2cccc(C)c2)cc1)S(C)(=O)=O. The van der Waals surface area contributed by atoms with Gasteiger partial charge in [0.15, 0.2) is 0 Å². The van der Waals surface area contributed by atoms with Crippen LogP contribution in [-0.4, -0.2) is 27.1 Å². The highest BCUT2D eigenvalue weighted by atomic mass is 32.2. The Morgan fingerprint density at radius 2 is 1.79 bits per heavy atom. The molecule has 128 valence electrons. The van der Waals surface area contributed by atoms with Crippen molar-refractivity contribution in [2.45, 2.75) is 20.4 Å². The van der Waals surface area contributed by atoms with Crippen molar-refractivity contribution < 1.29 is 13.2 Å². The standard InChI is InChI=1S/C18H22N2O3S/c1-4-20(24(3,22)23)17-10-8-16(9-11-17)18(21)19-13-15-7-5-6-14(2)12-15/h5-12H,4,13H2,1-3H3,(H,19,21). The van der Waals surface area contributed by atoms with Gasteiger partial charge in [-0.05, 0) is 43.7 Å². The maximum Gasteiger partial charge on any atom is 0.251 e. The average molecular weight is 346 g/mol. The maximum absolute atomic E-state index is 12.2. The zero-order valence-corrected chi connectivity index (χ0v) is 14.9. The van der Waals surface area contributed by atoms with Gasteiger partial charge in [0.1, 0.15) is 0 Å². The van der Waals surface area contributed by atoms with Gasteiger partial charge >= 0.3 is 0 Å². The zero-order valence-electron chi connectivity index (χ0n) is 14.1. The van der Waals surface area contributed by atoms with Crippen molar-refractivity contribution >= 4 is 21.6 Å². The minimum absolute atomic E-state index is 0.189. The molecule has 0 aliphatic heterocycles. The van der Waals surface area contributed by atoms with Crippen LogP contribution in [0.1, 0.15) is 28.4 Å². The summed E-state index contributed by atoms with van der Waals surface area (Å²) in [4.78, 5) is 12.2. The lowest BCUT2D eigenvalue weighted by atomic mass is 10.1. The molecule has 2 rings (SSSR count). The number of anilines is 1. The molecular weight excluding hydrogens is 324 g/mol. The number of rotatable bonds is 6. The van der Waals surface area contributed by atoms with Crippen molar-refractivity contribution in [3.63, 3.8) is 0 Å². The molecule has 0 radical (unpaired) electrons. The number of carbonyl (C=O) groups excluding carboxylic acids is 1. The second-order valence-electron chi connectivity index (χ2n) is 5.65. The third-order valence-electron chi connectivity index (χ3n) is 3.64. The zero-order chi connectivity index (χ0) is 17.7. The first kappa shape index (κ1) is 18.0. The number of nitrogens with zero attached hydrogens (tertiary/aromatic N) is 1. The molecule has 0 heterocycles. The molecule has 0 aromatic heterocycles. The van der Waals surface area contributed by atoms with Crippen LogP contribution in [0.3, 0.4) is 0 Å². The number of hydrogen-bond acceptors (Lipinski definition) is 3. The van der Waals surface area contributed by atoms with Crippen molar-refractivity contribution in [1.82, 2.24) is 5.32 Å². The second kappa shape index (κ2) is 7.49. The van der Waals surface area contributed by atoms with Gasteiger partial charge in [0, 0.05) is 18.7 Å². The maximum atomic E-state index is 12.2. The number of carbonyl (C=O) groups is 1. The molecule has 0 bridgehead atoms. The largest absolute Gasteiger partial charge is 0.348 e. The highest BCUT2D eigenvalue weighted by Crippen LogP contribution is 2.18. The third-order valence-corrected chi connectivity index (χ3v) is 4.91. The van der Waals surface area contributed by atoms with Crippen LogP contribution in [0.5, 0.6) is 0 Å². The smallest absolute Gasteiger partial charge is 0.251 e. The molecule has 1 N–H and O–H groups in total. The summed E-state index contributed by atoms with van der Waals surface area (Å²) in [7, 11) is -3.32. The van der Waals surface area contributed by atoms with Gasteiger partial charge in [-0.15, -0.1) is 0 Å². The Bertz CT molecular complexity index is 814. The van der Waals surface area contributed by atoms with Crippen LogP contribution in [0.25, 0.3) is 0 Å². The molecule has 1 amide bonds. The molecule has 0 atom stereocenters. The van der Waals surface area contributed by atoms with Gasteiger partial charge < -0.3 is 5.32 Å². The molecule has 0 aliphatic carbocycles. The summed E-state index contributed by atoms with van der Waals surface area (Å²) in [5.41, 5.74) is 3.23. The molecule has 0 saturated carbocycles. The number of amides is 1. The van der Waals surface area contributed by atoms with Crippen LogP contribution in [0, 0.1) is 6.92 Å². The summed E-state index contributed by atoms with van der Waals surface area (Å²) in [6, 6.07) is 14.5. The van der Waals surface area contributed by atoms with Crippen LogP contribution in [-0.2, 0) is 16.6 Å². The minimum atomic E-state index is -3.32. The Morgan fingerprint density at radius 1 is 1.12 bits per heavy atom. The number of hydrogen-bond donors (Lipinski definition) is 1. The fraction of sp³-hybridized carbons (Fsp3) is 0.278. The van der Waals surface area contributed by atoms with E-state index in [1.54, 1.807) is 31.2 Å². The van der Waals surface area contributed by atoms with E-state index in [4.69, 9.17) is 0 Å². The van der Waals surface area contributed by atoms with Gasteiger partial charge in [-0.1, -0.05) is 29.8 Å². The predicted octanol–water partition coefficient (Wildman–Crippen LogP) is 2.71. The lowest BCUT2D eigenvalue weighted by Gasteiger charge is -2.20. The van der Waals surface area contributed by atoms with Crippen molar-refractivity contribution in [2.75, 3.05) is 17.1 Å². The normalized spacial score (nSPS) is 11.1. The third kappa shape index (κ3) is 4.58. The summed E-state index contributed by atoms with van der Waals surface area (Å²) in [6.07, 6.45) is 1.17. The molecule has 5 nitrogen and oxygen atoms in total. The summed E-state index contributed by atoms with van der Waals surface area (Å²) in [6.45, 7) is 4.57. The van der Waals surface area contributed by atoms with Crippen LogP contribution in [0.2, 0.25) is 0 Å². The topological polar surface area (TPSA) is 66.5 Å². The fourth-order valence-corrected chi connectivity index (χ4v) is 3.47. The second-order valence-corrected chi connectivity index (χ2v) is 7.55. The van der Waals surface area contributed by atoms with Gasteiger partial charge in [-0.3, -0.25) is 9.10 Å². The lowest BCUT2D eigenvalue weighted by Crippen LogP contribution is -2.29. The summed E-state index contributed by atoms with van der Waals surface area (Å²) in [5, 5.41) is 2.86. The summed E-state index contributed by atoms with van der Waals surface area (Å²) >= 11 is 0. The predicted molar refractivity (Wildman–Crippen MR) is 96.7 cm³/mol. The van der Waals surface area contributed by atoms with Crippen molar-refractivity contribution in [3.05, 3.63) is 65.2 Å². The van der Waals surface area contributed by atoms with E-state index in [1.807, 2.05) is 31.2 Å².